The summed E-state index contributed by atoms with van der Waals surface area (Å²) in [5, 5.41) is 0. The molecule has 0 N–H and O–H groups in total. The van der Waals surface area contributed by atoms with Crippen molar-refractivity contribution in [3.63, 3.8) is 0 Å². The lowest BCUT2D eigenvalue weighted by Gasteiger charge is -2.32. The standard InChI is InChI=1S/C31H41BF2O4/c1-21-18-29(34)23(20-28(21)33)9-7-10-25(35)19-22-8-6-11-26(15-12-22)36-27-16-13-24(14-17-27)32-37-30(2,3)31(4,5)38-32/h13-14,16-18,20,22,26H,6-12,15,19H2,1-5H3. The Morgan fingerprint density at radius 1 is 0.974 bits per heavy atom. The first-order valence-electron chi connectivity index (χ1n) is 14.0. The number of halogens is 2. The largest absolute Gasteiger partial charge is 0.494 e. The fraction of sp³-hybridized carbons (Fsp3) is 0.581. The van der Waals surface area contributed by atoms with Gasteiger partial charge in [0.2, 0.25) is 0 Å². The van der Waals surface area contributed by atoms with E-state index in [0.717, 1.165) is 43.3 Å². The minimum absolute atomic E-state index is 0.136. The van der Waals surface area contributed by atoms with Gasteiger partial charge in [-0.3, -0.25) is 4.79 Å². The molecule has 0 bridgehead atoms. The summed E-state index contributed by atoms with van der Waals surface area (Å²) in [4.78, 5) is 12.6. The Kier molecular flexibility index (Phi) is 8.98. The summed E-state index contributed by atoms with van der Waals surface area (Å²) in [5.74, 6) is 0.610. The van der Waals surface area contributed by atoms with Crippen LogP contribution in [0, 0.1) is 24.5 Å². The van der Waals surface area contributed by atoms with Gasteiger partial charge in [0, 0.05) is 12.8 Å². The Hall–Kier alpha value is -2.25. The van der Waals surface area contributed by atoms with Gasteiger partial charge in [-0.05, 0) is 126 Å². The summed E-state index contributed by atoms with van der Waals surface area (Å²) in [7, 11) is -0.387. The van der Waals surface area contributed by atoms with Crippen molar-refractivity contribution in [2.45, 2.75) is 110 Å². The fourth-order valence-electron chi connectivity index (χ4n) is 5.32. The monoisotopic (exact) mass is 526 g/mol. The van der Waals surface area contributed by atoms with Crippen LogP contribution < -0.4 is 10.2 Å². The number of ketones is 1. The normalized spacial score (nSPS) is 22.8. The van der Waals surface area contributed by atoms with Crippen molar-refractivity contribution in [3.8, 4) is 5.75 Å². The molecule has 1 saturated heterocycles. The quantitative estimate of drug-likeness (QED) is 0.264. The Morgan fingerprint density at radius 3 is 2.34 bits per heavy atom. The zero-order chi connectivity index (χ0) is 27.5. The SMILES string of the molecule is Cc1cc(F)c(CCCC(=O)CC2CCCC(Oc3ccc(B4OC(C)(C)C(C)(C)O4)cc3)CC2)cc1F. The maximum absolute atomic E-state index is 14.0. The molecule has 0 radical (unpaired) electrons. The molecular weight excluding hydrogens is 485 g/mol. The van der Waals surface area contributed by atoms with Crippen LogP contribution >= 0.6 is 0 Å². The predicted molar refractivity (Wildman–Crippen MR) is 147 cm³/mol. The van der Waals surface area contributed by atoms with Crippen LogP contribution in [0.2, 0.25) is 0 Å². The van der Waals surface area contributed by atoms with Crippen LogP contribution in [0.5, 0.6) is 5.75 Å². The summed E-state index contributed by atoms with van der Waals surface area (Å²) < 4.78 is 46.4. The van der Waals surface area contributed by atoms with E-state index in [9.17, 15) is 13.6 Å². The molecule has 4 rings (SSSR count). The second kappa shape index (κ2) is 11.9. The lowest BCUT2D eigenvalue weighted by Crippen LogP contribution is -2.41. The zero-order valence-corrected chi connectivity index (χ0v) is 23.4. The highest BCUT2D eigenvalue weighted by Crippen LogP contribution is 2.36. The highest BCUT2D eigenvalue weighted by molar-refractivity contribution is 6.62. The molecule has 1 aliphatic carbocycles. The number of hydrogen-bond donors (Lipinski definition) is 0. The minimum Gasteiger partial charge on any atom is -0.490 e. The van der Waals surface area contributed by atoms with E-state index >= 15 is 0 Å². The molecule has 1 heterocycles. The highest BCUT2D eigenvalue weighted by atomic mass is 19.1. The van der Waals surface area contributed by atoms with E-state index in [2.05, 4.69) is 0 Å². The van der Waals surface area contributed by atoms with Gasteiger partial charge in [-0.15, -0.1) is 0 Å². The van der Waals surface area contributed by atoms with Crippen LogP contribution in [-0.2, 0) is 20.5 Å². The average molecular weight is 526 g/mol. The van der Waals surface area contributed by atoms with Gasteiger partial charge in [0.15, 0.2) is 0 Å². The first-order valence-corrected chi connectivity index (χ1v) is 14.0. The Morgan fingerprint density at radius 2 is 1.66 bits per heavy atom. The maximum atomic E-state index is 14.0. The van der Waals surface area contributed by atoms with Gasteiger partial charge in [-0.25, -0.2) is 8.78 Å². The molecule has 0 spiro atoms. The number of aryl methyl sites for hydroxylation is 2. The van der Waals surface area contributed by atoms with Crippen molar-refractivity contribution >= 4 is 18.4 Å². The summed E-state index contributed by atoms with van der Waals surface area (Å²) >= 11 is 0. The number of carbonyl (C=O) groups excluding carboxylic acids is 1. The van der Waals surface area contributed by atoms with Crippen molar-refractivity contribution in [3.05, 3.63) is 59.2 Å². The summed E-state index contributed by atoms with van der Waals surface area (Å²) in [5.41, 5.74) is 0.883. The van der Waals surface area contributed by atoms with Gasteiger partial charge >= 0.3 is 7.12 Å². The molecule has 2 atom stereocenters. The van der Waals surface area contributed by atoms with Crippen LogP contribution in [0.1, 0.15) is 90.2 Å². The van der Waals surface area contributed by atoms with E-state index in [1.54, 1.807) is 6.92 Å². The Balaban J connectivity index is 1.20. The third kappa shape index (κ3) is 7.03. The molecule has 2 unspecified atom stereocenters. The highest BCUT2D eigenvalue weighted by Gasteiger charge is 2.51. The van der Waals surface area contributed by atoms with Gasteiger partial charge in [0.25, 0.3) is 0 Å². The minimum atomic E-state index is -0.399. The van der Waals surface area contributed by atoms with Gasteiger partial charge in [-0.2, -0.15) is 0 Å². The molecule has 2 aliphatic rings. The molecule has 2 aromatic rings. The predicted octanol–water partition coefficient (Wildman–Crippen LogP) is 6.88. The van der Waals surface area contributed by atoms with Crippen LogP contribution in [-0.4, -0.2) is 30.2 Å². The summed E-state index contributed by atoms with van der Waals surface area (Å²) in [6.07, 6.45) is 6.92. The lowest BCUT2D eigenvalue weighted by atomic mass is 9.79. The second-order valence-corrected chi connectivity index (χ2v) is 12.1. The van der Waals surface area contributed by atoms with Gasteiger partial charge in [0.1, 0.15) is 23.2 Å². The molecule has 0 aromatic heterocycles. The Labute approximate surface area is 226 Å². The molecule has 1 saturated carbocycles. The van der Waals surface area contributed by atoms with Crippen molar-refractivity contribution in [1.82, 2.24) is 0 Å². The third-order valence-corrected chi connectivity index (χ3v) is 8.49. The molecular formula is C31H41BF2O4. The summed E-state index contributed by atoms with van der Waals surface area (Å²) in [6, 6.07) is 10.5. The van der Waals surface area contributed by atoms with E-state index in [1.807, 2.05) is 52.0 Å². The van der Waals surface area contributed by atoms with E-state index in [-0.39, 0.29) is 30.2 Å². The number of rotatable bonds is 9. The van der Waals surface area contributed by atoms with Gasteiger partial charge in [0.05, 0.1) is 17.3 Å². The molecule has 1 aliphatic heterocycles. The van der Waals surface area contributed by atoms with Crippen molar-refractivity contribution in [2.75, 3.05) is 0 Å². The molecule has 206 valence electrons. The molecule has 2 aromatic carbocycles. The van der Waals surface area contributed by atoms with E-state index in [4.69, 9.17) is 14.0 Å². The van der Waals surface area contributed by atoms with E-state index < -0.39 is 11.6 Å². The molecule has 2 fully saturated rings. The second-order valence-electron chi connectivity index (χ2n) is 12.1. The average Bonchev–Trinajstić information content (AvgIpc) is 2.96. The molecule has 0 amide bonds. The first kappa shape index (κ1) is 28.8. The van der Waals surface area contributed by atoms with Crippen molar-refractivity contribution in [2.24, 2.45) is 5.92 Å². The van der Waals surface area contributed by atoms with Crippen LogP contribution in [0.3, 0.4) is 0 Å². The molecule has 4 nitrogen and oxygen atoms in total. The number of Topliss-reactive ketones (excluding diaryl/α,β-unsaturated/α-hetero) is 1. The lowest BCUT2D eigenvalue weighted by molar-refractivity contribution is -0.120. The van der Waals surface area contributed by atoms with Crippen molar-refractivity contribution in [1.29, 1.82) is 0 Å². The first-order chi connectivity index (χ1) is 17.9. The van der Waals surface area contributed by atoms with Gasteiger partial charge < -0.3 is 14.0 Å². The van der Waals surface area contributed by atoms with E-state index in [0.29, 0.717) is 42.7 Å². The zero-order valence-electron chi connectivity index (χ0n) is 23.4. The van der Waals surface area contributed by atoms with Crippen LogP contribution in [0.25, 0.3) is 0 Å². The molecule has 7 heteroatoms. The van der Waals surface area contributed by atoms with Gasteiger partial charge in [-0.1, -0.05) is 12.1 Å². The number of carbonyl (C=O) groups is 1. The third-order valence-electron chi connectivity index (χ3n) is 8.49. The smallest absolute Gasteiger partial charge is 0.490 e. The Bertz CT molecular complexity index is 1100. The topological polar surface area (TPSA) is 44.8 Å². The number of hydrogen-bond acceptors (Lipinski definition) is 4. The fourth-order valence-corrected chi connectivity index (χ4v) is 5.32. The number of ether oxygens (including phenoxy) is 1. The number of benzene rings is 2. The summed E-state index contributed by atoms with van der Waals surface area (Å²) in [6.45, 7) is 9.74. The van der Waals surface area contributed by atoms with Crippen molar-refractivity contribution < 1.29 is 27.6 Å². The molecule has 38 heavy (non-hydrogen) atoms. The van der Waals surface area contributed by atoms with Crippen LogP contribution in [0.15, 0.2) is 36.4 Å². The van der Waals surface area contributed by atoms with Crippen LogP contribution in [0.4, 0.5) is 8.78 Å². The maximum Gasteiger partial charge on any atom is 0.494 e. The van der Waals surface area contributed by atoms with E-state index in [1.165, 1.54) is 12.1 Å².